The van der Waals surface area contributed by atoms with Gasteiger partial charge in [-0.25, -0.2) is 43.2 Å². The molecule has 0 fully saturated rings. The average molecular weight is 1820 g/mol. The van der Waals surface area contributed by atoms with E-state index in [1.165, 1.54) is 39.8 Å². The van der Waals surface area contributed by atoms with Gasteiger partial charge in [0, 0.05) is 6.42 Å². The molecule has 9 unspecified atom stereocenters. The summed E-state index contributed by atoms with van der Waals surface area (Å²) in [6, 6.07) is 6.97. The summed E-state index contributed by atoms with van der Waals surface area (Å²) in [5.41, 5.74) is 1.67. The van der Waals surface area contributed by atoms with Gasteiger partial charge >= 0.3 is 66.3 Å². The Morgan fingerprint density at radius 2 is 0.624 bits per heavy atom. The van der Waals surface area contributed by atoms with E-state index in [0.717, 1.165) is 11.1 Å². The minimum atomic E-state index is -1.52. The normalized spacial score (nSPS) is 12.2. The van der Waals surface area contributed by atoms with Gasteiger partial charge in [-0.05, 0) is 147 Å². The molecule has 61 heteroatoms. The number of carbonyl (C=O) groups excluding carboxylic acids is 6. The summed E-state index contributed by atoms with van der Waals surface area (Å²) in [6.45, 7) is 3.00. The molecule has 0 aliphatic heterocycles. The number of aliphatic hydroxyl groups excluding tert-OH is 4. The average Bonchev–Trinajstić information content (AvgIpc) is 0.877. The van der Waals surface area contributed by atoms with Crippen LogP contribution in [0, 0.1) is 70.8 Å². The molecule has 0 saturated carbocycles. The number of aliphatic hydroxyl groups is 4. The highest BCUT2D eigenvalue weighted by molar-refractivity contribution is 5.84. The van der Waals surface area contributed by atoms with Crippen LogP contribution in [-0.2, 0) is 94.5 Å². The second-order valence-electron chi connectivity index (χ2n) is 24.2. The number of hydrogen-bond donors (Lipinski definition) is 16. The first-order chi connectivity index (χ1) is 58.6. The largest absolute Gasteiger partial charge is 0.480 e. The molecule has 6 amide bonds. The zero-order valence-electron chi connectivity index (χ0n) is 67.0. The van der Waals surface area contributed by atoms with Crippen molar-refractivity contribution in [2.75, 3.05) is 72.6 Å². The minimum absolute atomic E-state index is 0.0167. The molecule has 0 aliphatic rings. The molecule has 0 aromatic heterocycles. The maximum absolute atomic E-state index is 11.4. The Morgan fingerprint density at radius 3 is 0.944 bits per heavy atom. The molecule has 0 heterocycles. The molecule has 125 heavy (non-hydrogen) atoms. The molecule has 2 aromatic carbocycles. The van der Waals surface area contributed by atoms with Crippen molar-refractivity contribution in [2.45, 2.75) is 185 Å². The van der Waals surface area contributed by atoms with Crippen LogP contribution in [0.4, 0.5) is 24.0 Å². The highest BCUT2D eigenvalue weighted by Gasteiger charge is 2.29. The van der Waals surface area contributed by atoms with Crippen LogP contribution in [0.5, 0.6) is 11.5 Å². The monoisotopic (exact) mass is 1820 g/mol. The Morgan fingerprint density at radius 1 is 0.336 bits per heavy atom. The minimum Gasteiger partial charge on any atom is -0.480 e. The zero-order valence-corrected chi connectivity index (χ0v) is 67.0. The standard InChI is InChI=1S/C12H14N2O7.C11H19N3O11.C11H20N2O8.C11H12N2O7.C10H18N2O7.C9H16N2O8/c15-11(16)8-13-12(17)21-10-5-3-9(4-6-10)2-1-7-20-14(18)19;1-7(15)9(10(16)17)12-11(18)23-5-3-2-4-8(25-14(21)22)6-24-13(19)20;1-8(14)9(10(15)16)12-11(17)20-6-4-2-3-5-7-21-13(18)19;14-10(15)7-12-11(16)20-9-3-1-8(2-4-9)5-6-19-13(17)18;1-7(13)9(10(15)16)11-8(14)5-3-2-4-6-19-12(17)18;1-6(12)7(8(13)14)10-9(15)18-4-2-3-5-19-11(16)17/h3-6H,1-2,7-8H2,(H,13,17)(H,15,16);7-9,15H,2-6H2,1H3,(H,12,18)(H,16,17);8-9,14H,2-7H2,1H3,(H,12,17)(H,15,16);1-4H,5-7H2,(H,12,16)(H,14,15);7,9,13H,2-6H2,1H3,(H,11,14)(H,15,16);6-7,12H,2-5H2,1H3,(H,10,15)(H,13,14). The molecule has 9 atom stereocenters. The third-order valence-electron chi connectivity index (χ3n) is 14.0. The molecule has 2 rings (SSSR count). The first kappa shape index (κ1) is 117. The lowest BCUT2D eigenvalue weighted by Gasteiger charge is -2.17. The van der Waals surface area contributed by atoms with E-state index in [2.05, 4.69) is 49.2 Å². The summed E-state index contributed by atoms with van der Waals surface area (Å²) in [6.07, 6.45) is -4.31. The molecule has 0 spiro atoms. The van der Waals surface area contributed by atoms with Crippen molar-refractivity contribution >= 4 is 72.2 Å². The fraction of sp³-hybridized carbons (Fsp3) is 0.625. The number of carboxylic acids is 6. The number of aliphatic carboxylic acids is 6. The predicted octanol–water partition coefficient (Wildman–Crippen LogP) is 0.669. The van der Waals surface area contributed by atoms with Crippen molar-refractivity contribution in [2.24, 2.45) is 0 Å². The summed E-state index contributed by atoms with van der Waals surface area (Å²) < 4.78 is 23.7. The van der Waals surface area contributed by atoms with E-state index in [-0.39, 0.29) is 90.0 Å². The third kappa shape index (κ3) is 74.1. The molecule has 0 bridgehead atoms. The van der Waals surface area contributed by atoms with Gasteiger partial charge in [-0.3, -0.25) is 14.4 Å². The van der Waals surface area contributed by atoms with E-state index in [0.29, 0.717) is 77.0 Å². The number of carboxylic acid groups (broad SMARTS) is 6. The van der Waals surface area contributed by atoms with Crippen LogP contribution in [0.15, 0.2) is 48.5 Å². The van der Waals surface area contributed by atoms with Gasteiger partial charge in [-0.15, -0.1) is 70.8 Å². The van der Waals surface area contributed by atoms with Crippen molar-refractivity contribution in [3.05, 3.63) is 130 Å². The highest BCUT2D eigenvalue weighted by atomic mass is 17.0. The summed E-state index contributed by atoms with van der Waals surface area (Å²) in [7, 11) is 0. The van der Waals surface area contributed by atoms with Crippen molar-refractivity contribution < 1.29 is 202 Å². The first-order valence-corrected chi connectivity index (χ1v) is 36.3. The lowest BCUT2D eigenvalue weighted by Crippen LogP contribution is -2.47. The van der Waals surface area contributed by atoms with Crippen LogP contribution in [-0.4, -0.2) is 286 Å². The Hall–Kier alpha value is -14.7. The van der Waals surface area contributed by atoms with Crippen LogP contribution in [0.25, 0.3) is 0 Å². The number of benzene rings is 2. The number of carbonyl (C=O) groups is 12. The Kier molecular flexibility index (Phi) is 66.3. The summed E-state index contributed by atoms with van der Waals surface area (Å²) in [5.74, 6) is -7.81. The summed E-state index contributed by atoms with van der Waals surface area (Å²) in [5, 5.41) is 164. The fourth-order valence-corrected chi connectivity index (χ4v) is 8.13. The maximum Gasteiger partial charge on any atom is 0.413 e. The van der Waals surface area contributed by atoms with E-state index in [9.17, 15) is 133 Å². The Bertz CT molecular complexity index is 3560. The van der Waals surface area contributed by atoms with Crippen LogP contribution < -0.4 is 41.4 Å². The van der Waals surface area contributed by atoms with Crippen LogP contribution in [0.2, 0.25) is 0 Å². The molecule has 0 aliphatic carbocycles. The summed E-state index contributed by atoms with van der Waals surface area (Å²) in [4.78, 5) is 229. The molecule has 16 N–H and O–H groups in total. The Labute approximate surface area is 703 Å². The number of amides is 6. The number of ether oxygens (including phenoxy) is 5. The van der Waals surface area contributed by atoms with E-state index >= 15 is 0 Å². The lowest BCUT2D eigenvalue weighted by molar-refractivity contribution is -0.790. The van der Waals surface area contributed by atoms with Gasteiger partial charge in [0.15, 0.2) is 24.2 Å². The second-order valence-corrected chi connectivity index (χ2v) is 24.2. The van der Waals surface area contributed by atoms with Gasteiger partial charge < -0.3 is 141 Å². The van der Waals surface area contributed by atoms with Gasteiger partial charge in [0.25, 0.3) is 35.6 Å². The van der Waals surface area contributed by atoms with Gasteiger partial charge in [0.1, 0.15) is 43.9 Å². The molecule has 0 radical (unpaired) electrons. The number of nitrogens with one attached hydrogen (secondary N) is 6. The number of rotatable bonds is 58. The lowest BCUT2D eigenvalue weighted by atomic mass is 10.1. The predicted molar refractivity (Wildman–Crippen MR) is 402 cm³/mol. The quantitative estimate of drug-likeness (QED) is 0.0187. The topological polar surface area (TPSA) is 892 Å². The number of nitrogens with zero attached hydrogens (tertiary/aromatic N) is 7. The van der Waals surface area contributed by atoms with E-state index in [4.69, 9.17) is 64.9 Å². The summed E-state index contributed by atoms with van der Waals surface area (Å²) >= 11 is 0. The molecular weight excluding hydrogens is 1720 g/mol. The Balaban J connectivity index is -0.000000704. The molecule has 708 valence electrons. The number of hydrogen-bond acceptors (Lipinski definition) is 42. The number of aryl methyl sites for hydroxylation is 1. The van der Waals surface area contributed by atoms with Crippen LogP contribution in [0.1, 0.15) is 129 Å². The number of unbranched alkanes of at least 4 members (excludes halogenated alkanes) is 7. The van der Waals surface area contributed by atoms with E-state index in [1.807, 2.05) is 21.3 Å². The fourth-order valence-electron chi connectivity index (χ4n) is 8.13. The second kappa shape index (κ2) is 71.1. The van der Waals surface area contributed by atoms with Crippen molar-refractivity contribution in [3.8, 4) is 11.5 Å². The highest BCUT2D eigenvalue weighted by Crippen LogP contribution is 2.16. The van der Waals surface area contributed by atoms with Crippen molar-refractivity contribution in [3.63, 3.8) is 0 Å². The van der Waals surface area contributed by atoms with Gasteiger partial charge in [-0.2, -0.15) is 0 Å². The molecular formula is C64H99N13O48. The zero-order chi connectivity index (χ0) is 96.0. The number of alkyl carbamates (subject to hydrolysis) is 3. The van der Waals surface area contributed by atoms with E-state index < -0.39 is 182 Å². The van der Waals surface area contributed by atoms with Gasteiger partial charge in [-0.1, -0.05) is 37.1 Å². The molecule has 2 aromatic rings. The van der Waals surface area contributed by atoms with Crippen LogP contribution >= 0.6 is 0 Å². The van der Waals surface area contributed by atoms with Gasteiger partial charge in [0.2, 0.25) is 5.91 Å². The van der Waals surface area contributed by atoms with Crippen LogP contribution in [0.3, 0.4) is 0 Å². The maximum atomic E-state index is 11.4. The van der Waals surface area contributed by atoms with Crippen molar-refractivity contribution in [1.82, 2.24) is 31.9 Å². The SMILES string of the molecule is CC(O)C(NC(=O)CCCCCO[N+](=O)[O-])C(=O)O.CC(O)C(NC(=O)OCCCCC(CO[N+](=O)[O-])O[N+](=O)[O-])C(=O)O.CC(O)C(NC(=O)OCCCCCCO[N+](=O)[O-])C(=O)O.CC(O)C(NC(=O)OCCCCO[N+](=O)[O-])C(=O)O.O=C(O)CNC(=O)Oc1ccc(CCCO[N+](=O)[O-])cc1.O=C(O)CNC(=O)Oc1ccc(CCO[N+](=O)[O-])cc1. The van der Waals surface area contributed by atoms with Gasteiger partial charge in [0.05, 0.1) is 70.7 Å². The third-order valence-corrected chi connectivity index (χ3v) is 14.0. The molecule has 61 nitrogen and oxygen atoms in total. The molecule has 0 saturated heterocycles. The van der Waals surface area contributed by atoms with E-state index in [1.54, 1.807) is 36.4 Å². The smallest absolute Gasteiger partial charge is 0.413 e. The van der Waals surface area contributed by atoms with Crippen molar-refractivity contribution in [1.29, 1.82) is 0 Å². The first-order valence-electron chi connectivity index (χ1n) is 36.3.